The zero-order valence-corrected chi connectivity index (χ0v) is 14.2. The van der Waals surface area contributed by atoms with Gasteiger partial charge in [0.05, 0.1) is 17.0 Å². The zero-order chi connectivity index (χ0) is 15.0. The number of hydrogen-bond acceptors (Lipinski definition) is 5. The van der Waals surface area contributed by atoms with Crippen LogP contribution in [-0.4, -0.2) is 22.8 Å². The predicted octanol–water partition coefficient (Wildman–Crippen LogP) is 3.71. The van der Waals surface area contributed by atoms with E-state index in [1.807, 2.05) is 26.0 Å². The summed E-state index contributed by atoms with van der Waals surface area (Å²) in [5.41, 5.74) is 3.55. The molecule has 4 nitrogen and oxygen atoms in total. The van der Waals surface area contributed by atoms with Gasteiger partial charge in [0.2, 0.25) is 0 Å². The molecule has 112 valence electrons. The summed E-state index contributed by atoms with van der Waals surface area (Å²) in [5.74, 6) is 1.54. The Balaban J connectivity index is 2.04. The van der Waals surface area contributed by atoms with Crippen LogP contribution in [0.15, 0.2) is 22.2 Å². The molecule has 0 saturated heterocycles. The van der Waals surface area contributed by atoms with Gasteiger partial charge < -0.3 is 14.6 Å². The van der Waals surface area contributed by atoms with Gasteiger partial charge in [-0.25, -0.2) is 4.98 Å². The van der Waals surface area contributed by atoms with Gasteiger partial charge in [-0.15, -0.1) is 11.3 Å². The van der Waals surface area contributed by atoms with Gasteiger partial charge in [-0.1, -0.05) is 0 Å². The van der Waals surface area contributed by atoms with Gasteiger partial charge in [0.25, 0.3) is 0 Å². The van der Waals surface area contributed by atoms with Crippen LogP contribution in [0.1, 0.15) is 36.0 Å². The van der Waals surface area contributed by atoms with Crippen LogP contribution >= 0.6 is 27.3 Å². The van der Waals surface area contributed by atoms with E-state index in [-0.39, 0.29) is 6.10 Å². The van der Waals surface area contributed by atoms with Crippen LogP contribution in [-0.2, 0) is 6.42 Å². The highest BCUT2D eigenvalue weighted by Gasteiger charge is 2.26. The number of benzene rings is 1. The van der Waals surface area contributed by atoms with E-state index in [0.29, 0.717) is 17.0 Å². The molecule has 0 radical (unpaired) electrons. The quantitative estimate of drug-likeness (QED) is 0.892. The van der Waals surface area contributed by atoms with Crippen molar-refractivity contribution in [2.75, 3.05) is 6.61 Å². The second-order valence-electron chi connectivity index (χ2n) is 4.97. The molecule has 3 rings (SSSR count). The van der Waals surface area contributed by atoms with Crippen molar-refractivity contribution in [1.29, 1.82) is 0 Å². The van der Waals surface area contributed by atoms with Crippen molar-refractivity contribution in [2.24, 2.45) is 0 Å². The van der Waals surface area contributed by atoms with Gasteiger partial charge in [0.1, 0.15) is 28.3 Å². The minimum absolute atomic E-state index is 0.164. The number of hydrogen-bond donors (Lipinski definition) is 1. The van der Waals surface area contributed by atoms with Gasteiger partial charge >= 0.3 is 0 Å². The first-order valence-electron chi connectivity index (χ1n) is 6.83. The fourth-order valence-electron chi connectivity index (χ4n) is 2.51. The van der Waals surface area contributed by atoms with Crippen LogP contribution in [0.3, 0.4) is 0 Å². The van der Waals surface area contributed by atoms with Crippen molar-refractivity contribution < 1.29 is 14.6 Å². The molecule has 0 bridgehead atoms. The van der Waals surface area contributed by atoms with Crippen LogP contribution in [0.25, 0.3) is 0 Å². The number of rotatable bonds is 4. The maximum absolute atomic E-state index is 10.7. The molecule has 1 aromatic heterocycles. The van der Waals surface area contributed by atoms with Crippen molar-refractivity contribution in [2.45, 2.75) is 32.5 Å². The molecule has 0 saturated carbocycles. The molecule has 2 aromatic rings. The van der Waals surface area contributed by atoms with Crippen LogP contribution in [0, 0.1) is 0 Å². The summed E-state index contributed by atoms with van der Waals surface area (Å²) in [7, 11) is 0. The first kappa shape index (κ1) is 14.8. The van der Waals surface area contributed by atoms with Crippen LogP contribution < -0.4 is 9.47 Å². The average molecular weight is 370 g/mol. The van der Waals surface area contributed by atoms with Gasteiger partial charge in [-0.2, -0.15) is 0 Å². The third-order valence-corrected chi connectivity index (χ3v) is 5.20. The van der Waals surface area contributed by atoms with Crippen molar-refractivity contribution >= 4 is 27.3 Å². The van der Waals surface area contributed by atoms with E-state index in [4.69, 9.17) is 9.47 Å². The molecule has 0 amide bonds. The number of fused-ring (bicyclic) bond motifs is 1. The van der Waals surface area contributed by atoms with Crippen molar-refractivity contribution in [3.8, 4) is 11.5 Å². The molecule has 0 aliphatic carbocycles. The maximum Gasteiger partial charge on any atom is 0.126 e. The Kier molecular flexibility index (Phi) is 4.19. The standard InChI is InChI=1S/C15H16BrNO3S/c1-3-19-12-5-9-4-8(2)20-11(9)6-10(12)13(18)14-15(16)17-7-21-14/h5-8,13,18H,3-4H2,1-2H3. The van der Waals surface area contributed by atoms with E-state index in [1.54, 1.807) is 5.51 Å². The topological polar surface area (TPSA) is 51.6 Å². The fraction of sp³-hybridized carbons (Fsp3) is 0.400. The highest BCUT2D eigenvalue weighted by atomic mass is 79.9. The first-order valence-corrected chi connectivity index (χ1v) is 8.50. The van der Waals surface area contributed by atoms with Crippen LogP contribution in [0.2, 0.25) is 0 Å². The lowest BCUT2D eigenvalue weighted by Crippen LogP contribution is -2.05. The lowest BCUT2D eigenvalue weighted by molar-refractivity contribution is 0.212. The molecule has 1 aromatic carbocycles. The Morgan fingerprint density at radius 3 is 3.05 bits per heavy atom. The second kappa shape index (κ2) is 5.94. The van der Waals surface area contributed by atoms with E-state index >= 15 is 0 Å². The molecule has 0 fully saturated rings. The third-order valence-electron chi connectivity index (χ3n) is 3.42. The predicted molar refractivity (Wildman–Crippen MR) is 85.3 cm³/mol. The molecular weight excluding hydrogens is 354 g/mol. The number of aliphatic hydroxyl groups is 1. The molecule has 6 heteroatoms. The van der Waals surface area contributed by atoms with E-state index < -0.39 is 6.10 Å². The molecule has 2 unspecified atom stereocenters. The highest BCUT2D eigenvalue weighted by molar-refractivity contribution is 9.10. The van der Waals surface area contributed by atoms with Gasteiger partial charge in [-0.05, 0) is 41.9 Å². The normalized spacial score (nSPS) is 18.2. The van der Waals surface area contributed by atoms with Crippen molar-refractivity contribution in [1.82, 2.24) is 4.98 Å². The average Bonchev–Trinajstić information content (AvgIpc) is 3.02. The van der Waals surface area contributed by atoms with Gasteiger partial charge in [0, 0.05) is 17.5 Å². The molecule has 1 aliphatic rings. The highest BCUT2D eigenvalue weighted by Crippen LogP contribution is 2.41. The lowest BCUT2D eigenvalue weighted by Gasteiger charge is -2.16. The molecule has 2 heterocycles. The van der Waals surface area contributed by atoms with Gasteiger partial charge in [-0.3, -0.25) is 0 Å². The number of nitrogens with zero attached hydrogens (tertiary/aromatic N) is 1. The Labute approximate surface area is 135 Å². The van der Waals surface area contributed by atoms with Crippen LogP contribution in [0.5, 0.6) is 11.5 Å². The number of aromatic nitrogens is 1. The summed E-state index contributed by atoms with van der Waals surface area (Å²) < 4.78 is 12.2. The maximum atomic E-state index is 10.7. The largest absolute Gasteiger partial charge is 0.493 e. The molecule has 0 spiro atoms. The van der Waals surface area contributed by atoms with E-state index in [1.165, 1.54) is 11.3 Å². The summed E-state index contributed by atoms with van der Waals surface area (Å²) in [6.45, 7) is 4.53. The molecule has 21 heavy (non-hydrogen) atoms. The minimum Gasteiger partial charge on any atom is -0.493 e. The SMILES string of the molecule is CCOc1cc2c(cc1C(O)c1scnc1Br)OC(C)C2. The molecule has 2 atom stereocenters. The summed E-state index contributed by atoms with van der Waals surface area (Å²) in [6, 6.07) is 3.87. The Morgan fingerprint density at radius 1 is 1.57 bits per heavy atom. The number of thiazole rings is 1. The van der Waals surface area contributed by atoms with Crippen molar-refractivity contribution in [3.05, 3.63) is 38.3 Å². The number of aliphatic hydroxyl groups excluding tert-OH is 1. The summed E-state index contributed by atoms with van der Waals surface area (Å²) >= 11 is 4.78. The summed E-state index contributed by atoms with van der Waals surface area (Å²) in [4.78, 5) is 4.89. The fourth-order valence-corrected chi connectivity index (χ4v) is 3.92. The van der Waals surface area contributed by atoms with E-state index in [9.17, 15) is 5.11 Å². The third kappa shape index (κ3) is 2.80. The number of ether oxygens (including phenoxy) is 2. The summed E-state index contributed by atoms with van der Waals surface area (Å²) in [5, 5.41) is 10.7. The zero-order valence-electron chi connectivity index (χ0n) is 11.8. The Hall–Kier alpha value is -1.11. The second-order valence-corrected chi connectivity index (χ2v) is 6.61. The van der Waals surface area contributed by atoms with E-state index in [0.717, 1.165) is 28.2 Å². The number of halogens is 1. The van der Waals surface area contributed by atoms with Crippen LogP contribution in [0.4, 0.5) is 0 Å². The lowest BCUT2D eigenvalue weighted by atomic mass is 10.0. The Bertz CT molecular complexity index is 658. The monoisotopic (exact) mass is 369 g/mol. The van der Waals surface area contributed by atoms with Crippen molar-refractivity contribution in [3.63, 3.8) is 0 Å². The molecule has 1 N–H and O–H groups in total. The first-order chi connectivity index (χ1) is 10.1. The smallest absolute Gasteiger partial charge is 0.126 e. The minimum atomic E-state index is -0.779. The van der Waals surface area contributed by atoms with E-state index in [2.05, 4.69) is 20.9 Å². The Morgan fingerprint density at radius 2 is 2.38 bits per heavy atom. The van der Waals surface area contributed by atoms with Gasteiger partial charge in [0.15, 0.2) is 0 Å². The summed E-state index contributed by atoms with van der Waals surface area (Å²) in [6.07, 6.45) is 0.256. The molecular formula is C15H16BrNO3S. The molecule has 1 aliphatic heterocycles.